The van der Waals surface area contributed by atoms with Crippen LogP contribution in [-0.2, 0) is 0 Å². The van der Waals surface area contributed by atoms with Crippen molar-refractivity contribution in [3.8, 4) is 17.3 Å². The van der Waals surface area contributed by atoms with E-state index in [1.165, 1.54) is 0 Å². The molecule has 2 aromatic rings. The Morgan fingerprint density at radius 3 is 2.69 bits per heavy atom. The van der Waals surface area contributed by atoms with Crippen molar-refractivity contribution in [3.05, 3.63) is 36.4 Å². The predicted molar refractivity (Wildman–Crippen MR) is 44.4 cm³/mol. The van der Waals surface area contributed by atoms with Gasteiger partial charge in [0.05, 0.1) is 0 Å². The number of nitriles is 1. The first-order valence-corrected chi connectivity index (χ1v) is 3.67. The maximum atomic E-state index is 8.50. The molecule has 0 N–H and O–H groups in total. The van der Waals surface area contributed by atoms with Crippen molar-refractivity contribution in [2.24, 2.45) is 0 Å². The van der Waals surface area contributed by atoms with Crippen molar-refractivity contribution in [1.29, 1.82) is 5.26 Å². The van der Waals surface area contributed by atoms with Gasteiger partial charge in [0, 0.05) is 24.0 Å². The molecule has 13 heavy (non-hydrogen) atoms. The van der Waals surface area contributed by atoms with Crippen LogP contribution >= 0.6 is 0 Å². The van der Waals surface area contributed by atoms with Gasteiger partial charge in [-0.3, -0.25) is 4.98 Å². The maximum Gasteiger partial charge on any atom is 0.236 e. The topological polar surface area (TPSA) is 62.7 Å². The molecule has 0 aromatic carbocycles. The van der Waals surface area contributed by atoms with E-state index in [0.717, 1.165) is 5.56 Å². The van der Waals surface area contributed by atoms with Gasteiger partial charge in [0.1, 0.15) is 11.8 Å². The Morgan fingerprint density at radius 2 is 2.08 bits per heavy atom. The second-order valence-corrected chi connectivity index (χ2v) is 2.42. The minimum absolute atomic E-state index is 0.215. The molecule has 0 aliphatic heterocycles. The highest BCUT2D eigenvalue weighted by Gasteiger charge is 2.04. The third kappa shape index (κ3) is 1.40. The summed E-state index contributed by atoms with van der Waals surface area (Å²) in [6.45, 7) is 0. The molecule has 0 saturated carbocycles. The van der Waals surface area contributed by atoms with Crippen LogP contribution in [0.5, 0.6) is 0 Å². The van der Waals surface area contributed by atoms with Crippen molar-refractivity contribution < 1.29 is 4.52 Å². The molecular formula is C9H5N3O. The molecule has 0 atom stereocenters. The van der Waals surface area contributed by atoms with Crippen molar-refractivity contribution in [2.75, 3.05) is 0 Å². The maximum absolute atomic E-state index is 8.50. The van der Waals surface area contributed by atoms with Gasteiger partial charge in [-0.2, -0.15) is 5.26 Å². The highest BCUT2D eigenvalue weighted by molar-refractivity contribution is 5.58. The summed E-state index contributed by atoms with van der Waals surface area (Å²) in [5, 5.41) is 12.2. The fourth-order valence-corrected chi connectivity index (χ4v) is 0.987. The van der Waals surface area contributed by atoms with E-state index in [9.17, 15) is 0 Å². The van der Waals surface area contributed by atoms with Crippen LogP contribution in [0.15, 0.2) is 35.1 Å². The summed E-state index contributed by atoms with van der Waals surface area (Å²) in [6, 6.07) is 7.07. The average Bonchev–Trinajstić information content (AvgIpc) is 2.67. The van der Waals surface area contributed by atoms with Gasteiger partial charge in [-0.05, 0) is 12.1 Å². The monoisotopic (exact) mass is 171 g/mol. The van der Waals surface area contributed by atoms with Crippen molar-refractivity contribution in [1.82, 2.24) is 10.1 Å². The van der Waals surface area contributed by atoms with E-state index in [4.69, 9.17) is 9.78 Å². The van der Waals surface area contributed by atoms with Crippen LogP contribution in [0, 0.1) is 11.3 Å². The fraction of sp³-hybridized carbons (Fsp3) is 0. The largest absolute Gasteiger partial charge is 0.345 e. The first-order chi connectivity index (χ1) is 6.40. The fourth-order valence-electron chi connectivity index (χ4n) is 0.987. The lowest BCUT2D eigenvalue weighted by atomic mass is 10.2. The van der Waals surface area contributed by atoms with Crippen molar-refractivity contribution in [3.63, 3.8) is 0 Å². The van der Waals surface area contributed by atoms with Gasteiger partial charge in [-0.1, -0.05) is 5.16 Å². The van der Waals surface area contributed by atoms with Crippen LogP contribution < -0.4 is 0 Å². The summed E-state index contributed by atoms with van der Waals surface area (Å²) in [4.78, 5) is 3.87. The van der Waals surface area contributed by atoms with E-state index >= 15 is 0 Å². The number of rotatable bonds is 1. The third-order valence-corrected chi connectivity index (χ3v) is 1.60. The number of hydrogen-bond donors (Lipinski definition) is 0. The molecule has 0 saturated heterocycles. The standard InChI is InChI=1S/C9H5N3O/c10-6-8-5-9(12-13-8)7-1-3-11-4-2-7/h1-5H. The number of aromatic nitrogens is 2. The first-order valence-electron chi connectivity index (χ1n) is 3.67. The van der Waals surface area contributed by atoms with Gasteiger partial charge in [0.2, 0.25) is 5.76 Å². The Morgan fingerprint density at radius 1 is 1.31 bits per heavy atom. The van der Waals surface area contributed by atoms with Crippen molar-refractivity contribution >= 4 is 0 Å². The zero-order valence-corrected chi connectivity index (χ0v) is 6.64. The molecule has 0 amide bonds. The number of nitrogens with zero attached hydrogens (tertiary/aromatic N) is 3. The first kappa shape index (κ1) is 7.50. The summed E-state index contributed by atoms with van der Waals surface area (Å²) in [5.41, 5.74) is 1.54. The molecule has 0 aliphatic rings. The minimum atomic E-state index is 0.215. The Balaban J connectivity index is 2.43. The summed E-state index contributed by atoms with van der Waals surface area (Å²) in [5.74, 6) is 0.215. The molecule has 2 rings (SSSR count). The Hall–Kier alpha value is -2.15. The van der Waals surface area contributed by atoms with E-state index < -0.39 is 0 Å². The summed E-state index contributed by atoms with van der Waals surface area (Å²) in [7, 11) is 0. The lowest BCUT2D eigenvalue weighted by Crippen LogP contribution is -1.76. The molecule has 2 aromatic heterocycles. The van der Waals surface area contributed by atoms with Gasteiger partial charge in [0.25, 0.3) is 0 Å². The molecule has 0 radical (unpaired) electrons. The zero-order chi connectivity index (χ0) is 9.10. The normalized spacial score (nSPS) is 9.46. The average molecular weight is 171 g/mol. The van der Waals surface area contributed by atoms with Gasteiger partial charge in [-0.25, -0.2) is 0 Å². The molecule has 0 spiro atoms. The second-order valence-electron chi connectivity index (χ2n) is 2.42. The lowest BCUT2D eigenvalue weighted by Gasteiger charge is -1.90. The molecule has 0 unspecified atom stereocenters. The molecular weight excluding hydrogens is 166 g/mol. The summed E-state index contributed by atoms with van der Waals surface area (Å²) < 4.78 is 4.74. The van der Waals surface area contributed by atoms with Crippen LogP contribution in [0.1, 0.15) is 5.76 Å². The minimum Gasteiger partial charge on any atom is -0.345 e. The van der Waals surface area contributed by atoms with Crippen molar-refractivity contribution in [2.45, 2.75) is 0 Å². The van der Waals surface area contributed by atoms with E-state index in [1.807, 2.05) is 6.07 Å². The van der Waals surface area contributed by atoms with Crippen LogP contribution in [0.3, 0.4) is 0 Å². The highest BCUT2D eigenvalue weighted by Crippen LogP contribution is 2.16. The van der Waals surface area contributed by atoms with E-state index in [0.29, 0.717) is 5.69 Å². The quantitative estimate of drug-likeness (QED) is 0.653. The molecule has 62 valence electrons. The van der Waals surface area contributed by atoms with Gasteiger partial charge < -0.3 is 4.52 Å². The highest BCUT2D eigenvalue weighted by atomic mass is 16.5. The molecule has 0 bridgehead atoms. The SMILES string of the molecule is N#Cc1cc(-c2ccncc2)no1. The number of hydrogen-bond acceptors (Lipinski definition) is 4. The summed E-state index contributed by atoms with van der Waals surface area (Å²) in [6.07, 6.45) is 3.33. The molecule has 0 fully saturated rings. The summed E-state index contributed by atoms with van der Waals surface area (Å²) >= 11 is 0. The van der Waals surface area contributed by atoms with Gasteiger partial charge >= 0.3 is 0 Å². The number of pyridine rings is 1. The second kappa shape index (κ2) is 3.07. The van der Waals surface area contributed by atoms with Gasteiger partial charge in [-0.15, -0.1) is 0 Å². The predicted octanol–water partition coefficient (Wildman–Crippen LogP) is 1.61. The van der Waals surface area contributed by atoms with E-state index in [-0.39, 0.29) is 5.76 Å². The van der Waals surface area contributed by atoms with Crippen LogP contribution in [0.2, 0.25) is 0 Å². The van der Waals surface area contributed by atoms with Gasteiger partial charge in [0.15, 0.2) is 0 Å². The van der Waals surface area contributed by atoms with Crippen LogP contribution in [0.25, 0.3) is 11.3 Å². The Bertz CT molecular complexity index is 441. The lowest BCUT2D eigenvalue weighted by molar-refractivity contribution is 0.412. The molecule has 4 nitrogen and oxygen atoms in total. The van der Waals surface area contributed by atoms with E-state index in [1.54, 1.807) is 30.6 Å². The molecule has 2 heterocycles. The smallest absolute Gasteiger partial charge is 0.236 e. The third-order valence-electron chi connectivity index (χ3n) is 1.60. The Kier molecular flexibility index (Phi) is 1.77. The zero-order valence-electron chi connectivity index (χ0n) is 6.64. The van der Waals surface area contributed by atoms with E-state index in [2.05, 4.69) is 10.1 Å². The Labute approximate surface area is 74.4 Å². The molecule has 4 heteroatoms. The molecule has 0 aliphatic carbocycles. The van der Waals surface area contributed by atoms with Crippen LogP contribution in [0.4, 0.5) is 0 Å². The van der Waals surface area contributed by atoms with Crippen LogP contribution in [-0.4, -0.2) is 10.1 Å².